The number of aromatic nitrogens is 1. The van der Waals surface area contributed by atoms with E-state index < -0.39 is 0 Å². The van der Waals surface area contributed by atoms with E-state index in [0.29, 0.717) is 5.92 Å². The van der Waals surface area contributed by atoms with Crippen molar-refractivity contribution in [3.8, 4) is 0 Å². The standard InChI is InChI=1S/C14H19N3/c1-9(2)14(17-15)12-6-7-13-11(8-12)5-4-10(3)16-13/h4-9,14,17H,15H2,1-3H3. The van der Waals surface area contributed by atoms with Crippen LogP contribution in [0.4, 0.5) is 0 Å². The maximum absolute atomic E-state index is 5.61. The summed E-state index contributed by atoms with van der Waals surface area (Å²) in [5.74, 6) is 6.06. The van der Waals surface area contributed by atoms with Crippen LogP contribution in [-0.2, 0) is 0 Å². The van der Waals surface area contributed by atoms with Gasteiger partial charge in [-0.05, 0) is 36.6 Å². The van der Waals surface area contributed by atoms with Crippen LogP contribution in [0.1, 0.15) is 31.1 Å². The van der Waals surface area contributed by atoms with Crippen LogP contribution in [0.3, 0.4) is 0 Å². The van der Waals surface area contributed by atoms with Crippen molar-refractivity contribution in [1.82, 2.24) is 10.4 Å². The van der Waals surface area contributed by atoms with Gasteiger partial charge in [0.2, 0.25) is 0 Å². The molecule has 0 fully saturated rings. The molecule has 1 aromatic heterocycles. The van der Waals surface area contributed by atoms with E-state index in [1.165, 1.54) is 5.56 Å². The lowest BCUT2D eigenvalue weighted by molar-refractivity contribution is 0.421. The van der Waals surface area contributed by atoms with Gasteiger partial charge < -0.3 is 0 Å². The lowest BCUT2D eigenvalue weighted by atomic mass is 9.95. The van der Waals surface area contributed by atoms with Crippen LogP contribution >= 0.6 is 0 Å². The van der Waals surface area contributed by atoms with Crippen molar-refractivity contribution in [3.05, 3.63) is 41.6 Å². The highest BCUT2D eigenvalue weighted by atomic mass is 15.2. The Morgan fingerprint density at radius 1 is 1.18 bits per heavy atom. The Morgan fingerprint density at radius 3 is 2.59 bits per heavy atom. The number of nitrogens with zero attached hydrogens (tertiary/aromatic N) is 1. The number of hydrogen-bond donors (Lipinski definition) is 2. The molecule has 0 bridgehead atoms. The van der Waals surface area contributed by atoms with E-state index in [1.54, 1.807) is 0 Å². The molecule has 3 heteroatoms. The second-order valence-corrected chi connectivity index (χ2v) is 4.79. The lowest BCUT2D eigenvalue weighted by Crippen LogP contribution is -2.31. The van der Waals surface area contributed by atoms with Crippen LogP contribution < -0.4 is 11.3 Å². The van der Waals surface area contributed by atoms with Crippen LogP contribution in [-0.4, -0.2) is 4.98 Å². The topological polar surface area (TPSA) is 50.9 Å². The summed E-state index contributed by atoms with van der Waals surface area (Å²) in [4.78, 5) is 4.50. The molecule has 2 rings (SSSR count). The largest absolute Gasteiger partial charge is 0.271 e. The summed E-state index contributed by atoms with van der Waals surface area (Å²) in [6, 6.07) is 10.6. The quantitative estimate of drug-likeness (QED) is 0.628. The zero-order valence-corrected chi connectivity index (χ0v) is 10.6. The first-order valence-electron chi connectivity index (χ1n) is 5.95. The lowest BCUT2D eigenvalue weighted by Gasteiger charge is -2.20. The highest BCUT2D eigenvalue weighted by Crippen LogP contribution is 2.24. The number of hydrazine groups is 1. The first-order chi connectivity index (χ1) is 8.11. The Balaban J connectivity index is 2.47. The maximum Gasteiger partial charge on any atom is 0.0705 e. The molecule has 1 atom stereocenters. The van der Waals surface area contributed by atoms with Gasteiger partial charge in [0, 0.05) is 17.1 Å². The number of rotatable bonds is 3. The normalized spacial score (nSPS) is 13.2. The van der Waals surface area contributed by atoms with E-state index in [0.717, 1.165) is 16.6 Å². The third-order valence-corrected chi connectivity index (χ3v) is 3.06. The smallest absolute Gasteiger partial charge is 0.0705 e. The molecule has 3 nitrogen and oxygen atoms in total. The molecule has 1 heterocycles. The molecule has 1 unspecified atom stereocenters. The van der Waals surface area contributed by atoms with Gasteiger partial charge in [-0.25, -0.2) is 0 Å². The van der Waals surface area contributed by atoms with Crippen LogP contribution in [0.15, 0.2) is 30.3 Å². The van der Waals surface area contributed by atoms with E-state index in [4.69, 9.17) is 5.84 Å². The Hall–Kier alpha value is -1.45. The number of benzene rings is 1. The molecule has 90 valence electrons. The number of aryl methyl sites for hydroxylation is 1. The third-order valence-electron chi connectivity index (χ3n) is 3.06. The van der Waals surface area contributed by atoms with E-state index in [9.17, 15) is 0 Å². The molecule has 2 aromatic rings. The van der Waals surface area contributed by atoms with Gasteiger partial charge in [0.15, 0.2) is 0 Å². The van der Waals surface area contributed by atoms with Gasteiger partial charge in [-0.3, -0.25) is 16.3 Å². The van der Waals surface area contributed by atoms with Crippen LogP contribution in [0, 0.1) is 12.8 Å². The Morgan fingerprint density at radius 2 is 1.94 bits per heavy atom. The first-order valence-corrected chi connectivity index (χ1v) is 5.95. The van der Waals surface area contributed by atoms with E-state index in [2.05, 4.69) is 48.5 Å². The van der Waals surface area contributed by atoms with Crippen molar-refractivity contribution in [2.75, 3.05) is 0 Å². The van der Waals surface area contributed by atoms with Gasteiger partial charge in [0.25, 0.3) is 0 Å². The molecule has 0 aliphatic carbocycles. The Bertz CT molecular complexity index is 520. The number of nitrogens with two attached hydrogens (primary N) is 1. The molecule has 0 aliphatic rings. The van der Waals surface area contributed by atoms with E-state index in [1.807, 2.05) is 13.0 Å². The van der Waals surface area contributed by atoms with Gasteiger partial charge in [0.05, 0.1) is 5.52 Å². The fourth-order valence-electron chi connectivity index (χ4n) is 2.11. The van der Waals surface area contributed by atoms with Gasteiger partial charge in [-0.1, -0.05) is 26.0 Å². The minimum atomic E-state index is 0.181. The summed E-state index contributed by atoms with van der Waals surface area (Å²) in [7, 11) is 0. The van der Waals surface area contributed by atoms with Gasteiger partial charge in [-0.2, -0.15) is 0 Å². The van der Waals surface area contributed by atoms with Crippen molar-refractivity contribution < 1.29 is 0 Å². The molecule has 0 saturated carbocycles. The molecule has 0 spiro atoms. The summed E-state index contributed by atoms with van der Waals surface area (Å²) in [6.07, 6.45) is 0. The average molecular weight is 229 g/mol. The molecular formula is C14H19N3. The summed E-state index contributed by atoms with van der Waals surface area (Å²) in [5, 5.41) is 1.16. The molecule has 0 radical (unpaired) electrons. The predicted molar refractivity (Wildman–Crippen MR) is 71.4 cm³/mol. The fraction of sp³-hybridized carbons (Fsp3) is 0.357. The third kappa shape index (κ3) is 2.46. The minimum Gasteiger partial charge on any atom is -0.271 e. The van der Waals surface area contributed by atoms with E-state index >= 15 is 0 Å². The first kappa shape index (κ1) is 12.0. The molecule has 17 heavy (non-hydrogen) atoms. The molecule has 0 saturated heterocycles. The maximum atomic E-state index is 5.61. The van der Waals surface area contributed by atoms with Gasteiger partial charge >= 0.3 is 0 Å². The predicted octanol–water partition coefficient (Wildman–Crippen LogP) is 2.70. The number of fused-ring (bicyclic) bond motifs is 1. The van der Waals surface area contributed by atoms with Gasteiger partial charge in [0.1, 0.15) is 0 Å². The fourth-order valence-corrected chi connectivity index (χ4v) is 2.11. The average Bonchev–Trinajstić information content (AvgIpc) is 2.29. The van der Waals surface area contributed by atoms with Crippen molar-refractivity contribution >= 4 is 10.9 Å². The monoisotopic (exact) mass is 229 g/mol. The summed E-state index contributed by atoms with van der Waals surface area (Å²) >= 11 is 0. The number of hydrogen-bond acceptors (Lipinski definition) is 3. The highest BCUT2D eigenvalue weighted by Gasteiger charge is 2.14. The zero-order valence-electron chi connectivity index (χ0n) is 10.6. The second-order valence-electron chi connectivity index (χ2n) is 4.79. The Labute approximate surface area is 102 Å². The minimum absolute atomic E-state index is 0.181. The molecule has 3 N–H and O–H groups in total. The number of nitrogens with one attached hydrogen (secondary N) is 1. The summed E-state index contributed by atoms with van der Waals surface area (Å²) < 4.78 is 0. The van der Waals surface area contributed by atoms with E-state index in [-0.39, 0.29) is 6.04 Å². The molecule has 0 aliphatic heterocycles. The molecule has 1 aromatic carbocycles. The SMILES string of the molecule is Cc1ccc2cc(C(NN)C(C)C)ccc2n1. The molecular weight excluding hydrogens is 210 g/mol. The van der Waals surface area contributed by atoms with Crippen molar-refractivity contribution in [1.29, 1.82) is 0 Å². The van der Waals surface area contributed by atoms with Crippen LogP contribution in [0.2, 0.25) is 0 Å². The van der Waals surface area contributed by atoms with Crippen molar-refractivity contribution in [2.45, 2.75) is 26.8 Å². The Kier molecular flexibility index (Phi) is 3.41. The van der Waals surface area contributed by atoms with Crippen molar-refractivity contribution in [2.24, 2.45) is 11.8 Å². The number of pyridine rings is 1. The zero-order chi connectivity index (χ0) is 12.4. The molecule has 0 amide bonds. The second kappa shape index (κ2) is 4.82. The van der Waals surface area contributed by atoms with Crippen LogP contribution in [0.5, 0.6) is 0 Å². The van der Waals surface area contributed by atoms with Crippen LogP contribution in [0.25, 0.3) is 10.9 Å². The summed E-state index contributed by atoms with van der Waals surface area (Å²) in [5.41, 5.74) is 6.16. The van der Waals surface area contributed by atoms with Crippen molar-refractivity contribution in [3.63, 3.8) is 0 Å². The van der Waals surface area contributed by atoms with Gasteiger partial charge in [-0.15, -0.1) is 0 Å². The summed E-state index contributed by atoms with van der Waals surface area (Å²) in [6.45, 7) is 6.32. The highest BCUT2D eigenvalue weighted by molar-refractivity contribution is 5.79.